The molecule has 0 spiro atoms. The van der Waals surface area contributed by atoms with Gasteiger partial charge in [-0.1, -0.05) is 39.2 Å². The highest BCUT2D eigenvalue weighted by Crippen LogP contribution is 2.57. The number of nitrogens with one attached hydrogen (secondary N) is 1. The van der Waals surface area contributed by atoms with E-state index in [2.05, 4.69) is 30.2 Å². The number of aryl methyl sites for hydroxylation is 1. The standard InChI is InChI=1S/C11H20.C9H14N2O.C6H6OS.CH2O/c1-3-11-7-4-5-10(6-8-11)9(11)2;1-8(12)10-7-5-9-4-2-3-6-11-9;1-5-2-3-6(4-7)8-5;1-2/h9-10H,3-8H2,1-2H3;2,4H,3,5-7H2,1H3,(H,10,12);2-4H,1H3;1H2. The lowest BCUT2D eigenvalue weighted by Crippen LogP contribution is -2.29. The van der Waals surface area contributed by atoms with Gasteiger partial charge in [0.05, 0.1) is 4.88 Å². The van der Waals surface area contributed by atoms with Crippen molar-refractivity contribution < 1.29 is 14.4 Å². The Bertz CT molecular complexity index is 782. The summed E-state index contributed by atoms with van der Waals surface area (Å²) in [4.78, 5) is 34.8. The first-order chi connectivity index (χ1) is 15.9. The van der Waals surface area contributed by atoms with E-state index in [1.54, 1.807) is 0 Å². The minimum absolute atomic E-state index is 0.0235. The van der Waals surface area contributed by atoms with Crippen molar-refractivity contribution in [2.24, 2.45) is 22.2 Å². The molecule has 4 rings (SSSR count). The molecule has 3 unspecified atom stereocenters. The summed E-state index contributed by atoms with van der Waals surface area (Å²) in [6.45, 7) is 12.0. The average Bonchev–Trinajstić information content (AvgIpc) is 3.31. The second kappa shape index (κ2) is 15.7. The van der Waals surface area contributed by atoms with E-state index >= 15 is 0 Å². The maximum atomic E-state index is 10.5. The molecule has 0 saturated heterocycles. The highest BCUT2D eigenvalue weighted by molar-refractivity contribution is 7.13. The third-order valence-electron chi connectivity index (χ3n) is 7.19. The van der Waals surface area contributed by atoms with E-state index in [-0.39, 0.29) is 5.91 Å². The molecule has 3 aliphatic rings. The largest absolute Gasteiger partial charge is 0.356 e. The summed E-state index contributed by atoms with van der Waals surface area (Å²) in [5.74, 6) is 2.17. The van der Waals surface area contributed by atoms with Crippen molar-refractivity contribution in [2.45, 2.75) is 79.1 Å². The topological polar surface area (TPSA) is 75.6 Å². The maximum absolute atomic E-state index is 10.5. The van der Waals surface area contributed by atoms with Gasteiger partial charge < -0.3 is 10.1 Å². The Balaban J connectivity index is 0.000000242. The average molecular weight is 475 g/mol. The molecule has 1 aromatic rings. The van der Waals surface area contributed by atoms with Gasteiger partial charge in [0.2, 0.25) is 5.91 Å². The molecule has 2 saturated carbocycles. The molecule has 2 fully saturated rings. The van der Waals surface area contributed by atoms with Gasteiger partial charge in [0.25, 0.3) is 0 Å². The Morgan fingerprint density at radius 1 is 1.30 bits per heavy atom. The van der Waals surface area contributed by atoms with Crippen molar-refractivity contribution in [3.8, 4) is 0 Å². The van der Waals surface area contributed by atoms with E-state index in [0.29, 0.717) is 6.54 Å². The molecule has 6 heteroatoms. The maximum Gasteiger partial charge on any atom is 0.216 e. The molecule has 2 bridgehead atoms. The first-order valence-corrected chi connectivity index (χ1v) is 13.0. The lowest BCUT2D eigenvalue weighted by atomic mass is 9.67. The zero-order valence-corrected chi connectivity index (χ0v) is 21.7. The number of hydrogen-bond acceptors (Lipinski definition) is 5. The van der Waals surface area contributed by atoms with Gasteiger partial charge in [0.1, 0.15) is 6.79 Å². The van der Waals surface area contributed by atoms with E-state index in [9.17, 15) is 9.59 Å². The first-order valence-electron chi connectivity index (χ1n) is 12.1. The highest BCUT2D eigenvalue weighted by atomic mass is 32.1. The predicted octanol–water partition coefficient (Wildman–Crippen LogP) is 6.21. The van der Waals surface area contributed by atoms with Crippen LogP contribution in [0, 0.1) is 24.2 Å². The number of hydrogen-bond donors (Lipinski definition) is 1. The van der Waals surface area contributed by atoms with Crippen molar-refractivity contribution >= 4 is 36.0 Å². The number of allylic oxidation sites excluding steroid dienone is 1. The van der Waals surface area contributed by atoms with Crippen molar-refractivity contribution in [1.82, 2.24) is 5.32 Å². The van der Waals surface area contributed by atoms with Crippen LogP contribution in [-0.2, 0) is 9.59 Å². The molecule has 1 amide bonds. The van der Waals surface area contributed by atoms with E-state index < -0.39 is 0 Å². The quantitative estimate of drug-likeness (QED) is 0.515. The van der Waals surface area contributed by atoms with Crippen molar-refractivity contribution in [3.63, 3.8) is 0 Å². The zero-order valence-electron chi connectivity index (χ0n) is 20.9. The number of thiophene rings is 1. The van der Waals surface area contributed by atoms with Crippen LogP contribution in [-0.4, -0.2) is 37.8 Å². The van der Waals surface area contributed by atoms with Crippen LogP contribution in [0.4, 0.5) is 0 Å². The Morgan fingerprint density at radius 2 is 2.06 bits per heavy atom. The summed E-state index contributed by atoms with van der Waals surface area (Å²) in [6, 6.07) is 3.77. The number of carbonyl (C=O) groups excluding carboxylic acids is 3. The van der Waals surface area contributed by atoms with Crippen LogP contribution in [0.2, 0.25) is 0 Å². The van der Waals surface area contributed by atoms with Crippen LogP contribution in [0.3, 0.4) is 0 Å². The fraction of sp³-hybridized carbons (Fsp3) is 0.630. The minimum Gasteiger partial charge on any atom is -0.356 e. The molecular weight excluding hydrogens is 432 g/mol. The minimum atomic E-state index is 0.0235. The van der Waals surface area contributed by atoms with Gasteiger partial charge in [-0.2, -0.15) is 0 Å². The molecular formula is C27H42N2O3S. The molecule has 0 radical (unpaired) electrons. The van der Waals surface area contributed by atoms with Crippen molar-refractivity contribution in [2.75, 3.05) is 13.1 Å². The monoisotopic (exact) mass is 474 g/mol. The second-order valence-corrected chi connectivity index (χ2v) is 10.4. The third-order valence-corrected chi connectivity index (χ3v) is 8.12. The molecule has 3 atom stereocenters. The van der Waals surface area contributed by atoms with Gasteiger partial charge in [-0.25, -0.2) is 0 Å². The van der Waals surface area contributed by atoms with E-state index in [1.807, 2.05) is 31.9 Å². The van der Waals surface area contributed by atoms with E-state index in [4.69, 9.17) is 4.79 Å². The molecule has 5 nitrogen and oxygen atoms in total. The molecule has 2 heterocycles. The lowest BCUT2D eigenvalue weighted by Gasteiger charge is -2.38. The third kappa shape index (κ3) is 9.75. The predicted molar refractivity (Wildman–Crippen MR) is 139 cm³/mol. The summed E-state index contributed by atoms with van der Waals surface area (Å²) in [6.07, 6.45) is 16.0. The zero-order chi connectivity index (χ0) is 24.7. The smallest absolute Gasteiger partial charge is 0.216 e. The Kier molecular flexibility index (Phi) is 13.8. The molecule has 0 aromatic carbocycles. The van der Waals surface area contributed by atoms with Crippen LogP contribution in [0.1, 0.15) is 86.7 Å². The summed E-state index contributed by atoms with van der Waals surface area (Å²) in [5.41, 5.74) is 1.89. The summed E-state index contributed by atoms with van der Waals surface area (Å²) < 4.78 is 0. The van der Waals surface area contributed by atoms with Gasteiger partial charge >= 0.3 is 0 Å². The normalized spacial score (nSPS) is 24.5. The van der Waals surface area contributed by atoms with E-state index in [0.717, 1.165) is 53.5 Å². The number of aliphatic imine (C=N–C) groups is 1. The Morgan fingerprint density at radius 3 is 2.55 bits per heavy atom. The molecule has 33 heavy (non-hydrogen) atoms. The Hall–Kier alpha value is -2.08. The number of fused-ring (bicyclic) bond motifs is 2. The SMILES string of the molecule is C=O.CC(=O)NCCC1=NCCC=C1.CCC12CCCC(CC1)C2C.Cc1ccc(C=O)s1. The van der Waals surface area contributed by atoms with Crippen LogP contribution in [0.25, 0.3) is 0 Å². The van der Waals surface area contributed by atoms with Crippen LogP contribution < -0.4 is 5.32 Å². The highest BCUT2D eigenvalue weighted by Gasteiger charge is 2.46. The number of amides is 1. The second-order valence-electron chi connectivity index (χ2n) is 9.06. The molecule has 184 valence electrons. The number of carbonyl (C=O) groups is 3. The van der Waals surface area contributed by atoms with E-state index in [1.165, 1.54) is 61.7 Å². The van der Waals surface area contributed by atoms with Crippen molar-refractivity contribution in [3.05, 3.63) is 34.0 Å². The fourth-order valence-corrected chi connectivity index (χ4v) is 5.88. The van der Waals surface area contributed by atoms with Gasteiger partial charge in [0.15, 0.2) is 6.29 Å². The Labute approximate surface area is 204 Å². The summed E-state index contributed by atoms with van der Waals surface area (Å²) >= 11 is 1.52. The summed E-state index contributed by atoms with van der Waals surface area (Å²) in [5, 5.41) is 2.74. The summed E-state index contributed by atoms with van der Waals surface area (Å²) in [7, 11) is 0. The lowest BCUT2D eigenvalue weighted by molar-refractivity contribution is -0.118. The number of aldehydes is 1. The molecule has 1 aromatic heterocycles. The van der Waals surface area contributed by atoms with Crippen LogP contribution in [0.5, 0.6) is 0 Å². The van der Waals surface area contributed by atoms with Gasteiger partial charge in [-0.15, -0.1) is 11.3 Å². The number of rotatable bonds is 5. The van der Waals surface area contributed by atoms with Crippen LogP contribution in [0.15, 0.2) is 29.3 Å². The first kappa shape index (κ1) is 29.0. The molecule has 1 N–H and O–H groups in total. The van der Waals surface area contributed by atoms with Crippen molar-refractivity contribution in [1.29, 1.82) is 0 Å². The molecule has 2 aliphatic carbocycles. The number of nitrogens with zero attached hydrogens (tertiary/aromatic N) is 1. The van der Waals surface area contributed by atoms with Gasteiger partial charge in [-0.05, 0) is 68.1 Å². The fourth-order valence-electron chi connectivity index (χ4n) is 5.19. The van der Waals surface area contributed by atoms with Gasteiger partial charge in [0, 0.05) is 37.0 Å². The number of dihydropyridines is 1. The molecule has 1 aliphatic heterocycles. The van der Waals surface area contributed by atoms with Gasteiger partial charge in [-0.3, -0.25) is 14.6 Å². The van der Waals surface area contributed by atoms with Crippen LogP contribution >= 0.6 is 11.3 Å².